The van der Waals surface area contributed by atoms with Gasteiger partial charge in [0.2, 0.25) is 0 Å². The monoisotopic (exact) mass is 269 g/mol. The molecule has 0 radical (unpaired) electrons. The zero-order valence-electron chi connectivity index (χ0n) is 12.2. The summed E-state index contributed by atoms with van der Waals surface area (Å²) in [4.78, 5) is 6.18. The Morgan fingerprint density at radius 1 is 1.53 bits per heavy atom. The molecule has 19 heavy (non-hydrogen) atoms. The van der Waals surface area contributed by atoms with Gasteiger partial charge in [0.1, 0.15) is 0 Å². The second kappa shape index (κ2) is 8.07. The molecule has 0 amide bonds. The van der Waals surface area contributed by atoms with E-state index >= 15 is 0 Å². The van der Waals surface area contributed by atoms with Crippen molar-refractivity contribution in [2.24, 2.45) is 0 Å². The van der Waals surface area contributed by atoms with E-state index in [-0.39, 0.29) is 11.9 Å². The first-order chi connectivity index (χ1) is 9.15. The van der Waals surface area contributed by atoms with E-state index in [0.29, 0.717) is 31.1 Å². The third-order valence-corrected chi connectivity index (χ3v) is 3.25. The number of hydrogen-bond donors (Lipinski definition) is 1. The molecule has 108 valence electrons. The van der Waals surface area contributed by atoms with E-state index in [2.05, 4.69) is 24.1 Å². The molecule has 1 aromatic rings. The van der Waals surface area contributed by atoms with Gasteiger partial charge in [0.25, 0.3) is 0 Å². The third kappa shape index (κ3) is 4.14. The maximum absolute atomic E-state index is 14.4. The summed E-state index contributed by atoms with van der Waals surface area (Å²) >= 11 is 0. The van der Waals surface area contributed by atoms with E-state index in [1.165, 1.54) is 0 Å². The highest BCUT2D eigenvalue weighted by atomic mass is 19.1. The maximum atomic E-state index is 14.4. The predicted octanol–water partition coefficient (Wildman–Crippen LogP) is 2.19. The molecular formula is C14H24FN3O. The molecule has 0 aromatic carbocycles. The maximum Gasteiger partial charge on any atom is 0.170 e. The number of ether oxygens (including phenoxy) is 1. The standard InChI is InChI=1S/C14H24FN3O/c1-5-11(2)18(8-9-19-4)14-13(15)12(10-16-3)6-7-17-14/h6-7,11,16H,5,8-10H2,1-4H3. The fraction of sp³-hybridized carbons (Fsp3) is 0.643. The third-order valence-electron chi connectivity index (χ3n) is 3.25. The van der Waals surface area contributed by atoms with Crippen LogP contribution in [0.25, 0.3) is 0 Å². The van der Waals surface area contributed by atoms with Crippen molar-refractivity contribution < 1.29 is 9.13 Å². The minimum atomic E-state index is -0.242. The number of nitrogens with one attached hydrogen (secondary N) is 1. The van der Waals surface area contributed by atoms with Gasteiger partial charge in [-0.2, -0.15) is 0 Å². The fourth-order valence-corrected chi connectivity index (χ4v) is 1.94. The van der Waals surface area contributed by atoms with Gasteiger partial charge >= 0.3 is 0 Å². The Morgan fingerprint density at radius 3 is 2.84 bits per heavy atom. The molecule has 0 aliphatic heterocycles. The van der Waals surface area contributed by atoms with Gasteiger partial charge in [-0.1, -0.05) is 6.92 Å². The molecule has 0 spiro atoms. The first-order valence-electron chi connectivity index (χ1n) is 6.69. The minimum absolute atomic E-state index is 0.224. The molecule has 5 heteroatoms. The highest BCUT2D eigenvalue weighted by Crippen LogP contribution is 2.22. The van der Waals surface area contributed by atoms with Gasteiger partial charge in [0.15, 0.2) is 11.6 Å². The van der Waals surface area contributed by atoms with E-state index in [1.54, 1.807) is 26.4 Å². The van der Waals surface area contributed by atoms with Crippen molar-refractivity contribution in [3.63, 3.8) is 0 Å². The lowest BCUT2D eigenvalue weighted by molar-refractivity contribution is 0.203. The largest absolute Gasteiger partial charge is 0.383 e. The normalized spacial score (nSPS) is 12.5. The lowest BCUT2D eigenvalue weighted by Crippen LogP contribution is -2.37. The van der Waals surface area contributed by atoms with Crippen LogP contribution < -0.4 is 10.2 Å². The van der Waals surface area contributed by atoms with Crippen molar-refractivity contribution in [2.75, 3.05) is 32.2 Å². The number of anilines is 1. The van der Waals surface area contributed by atoms with Crippen LogP contribution in [0.1, 0.15) is 25.8 Å². The molecule has 1 atom stereocenters. The second-order valence-corrected chi connectivity index (χ2v) is 4.58. The van der Waals surface area contributed by atoms with E-state index < -0.39 is 0 Å². The Bertz CT molecular complexity index is 387. The fourth-order valence-electron chi connectivity index (χ4n) is 1.94. The van der Waals surface area contributed by atoms with Crippen LogP contribution in [0.15, 0.2) is 12.3 Å². The molecule has 0 saturated carbocycles. The molecule has 1 heterocycles. The molecule has 0 aliphatic carbocycles. The van der Waals surface area contributed by atoms with E-state index in [9.17, 15) is 4.39 Å². The summed E-state index contributed by atoms with van der Waals surface area (Å²) < 4.78 is 19.6. The van der Waals surface area contributed by atoms with Crippen molar-refractivity contribution in [1.82, 2.24) is 10.3 Å². The molecule has 0 bridgehead atoms. The quantitative estimate of drug-likeness (QED) is 0.785. The first-order valence-corrected chi connectivity index (χ1v) is 6.69. The lowest BCUT2D eigenvalue weighted by Gasteiger charge is -2.30. The van der Waals surface area contributed by atoms with Gasteiger partial charge in [-0.25, -0.2) is 9.37 Å². The summed E-state index contributed by atoms with van der Waals surface area (Å²) in [6.45, 7) is 5.85. The lowest BCUT2D eigenvalue weighted by atomic mass is 10.2. The van der Waals surface area contributed by atoms with Gasteiger partial charge < -0.3 is 15.0 Å². The molecule has 0 aliphatic rings. The number of pyridine rings is 1. The van der Waals surface area contributed by atoms with E-state index in [0.717, 1.165) is 6.42 Å². The summed E-state index contributed by atoms with van der Waals surface area (Å²) in [5.41, 5.74) is 0.637. The number of methoxy groups -OCH3 is 1. The van der Waals surface area contributed by atoms with Crippen LogP contribution in [-0.4, -0.2) is 38.3 Å². The average Bonchev–Trinajstić information content (AvgIpc) is 2.42. The molecule has 1 unspecified atom stereocenters. The van der Waals surface area contributed by atoms with E-state index in [4.69, 9.17) is 4.74 Å². The summed E-state index contributed by atoms with van der Waals surface area (Å²) in [5.74, 6) is 0.174. The smallest absolute Gasteiger partial charge is 0.170 e. The summed E-state index contributed by atoms with van der Waals surface area (Å²) in [6.07, 6.45) is 2.59. The molecular weight excluding hydrogens is 245 g/mol. The van der Waals surface area contributed by atoms with Crippen molar-refractivity contribution in [3.8, 4) is 0 Å². The number of hydrogen-bond acceptors (Lipinski definition) is 4. The zero-order valence-corrected chi connectivity index (χ0v) is 12.2. The number of nitrogens with zero attached hydrogens (tertiary/aromatic N) is 2. The molecule has 4 nitrogen and oxygen atoms in total. The average molecular weight is 269 g/mol. The van der Waals surface area contributed by atoms with Crippen LogP contribution in [-0.2, 0) is 11.3 Å². The van der Waals surface area contributed by atoms with Gasteiger partial charge in [-0.3, -0.25) is 0 Å². The molecule has 0 fully saturated rings. The van der Waals surface area contributed by atoms with Crippen LogP contribution in [0.2, 0.25) is 0 Å². The van der Waals surface area contributed by atoms with Crippen molar-refractivity contribution in [2.45, 2.75) is 32.9 Å². The predicted molar refractivity (Wildman–Crippen MR) is 75.9 cm³/mol. The minimum Gasteiger partial charge on any atom is -0.383 e. The molecule has 1 rings (SSSR count). The van der Waals surface area contributed by atoms with Crippen LogP contribution in [0, 0.1) is 5.82 Å². The van der Waals surface area contributed by atoms with Gasteiger partial charge in [-0.05, 0) is 26.5 Å². The van der Waals surface area contributed by atoms with Crippen molar-refractivity contribution in [1.29, 1.82) is 0 Å². The summed E-state index contributed by atoms with van der Waals surface area (Å²) in [5, 5.41) is 2.97. The Morgan fingerprint density at radius 2 is 2.26 bits per heavy atom. The van der Waals surface area contributed by atoms with Gasteiger partial charge in [0.05, 0.1) is 6.61 Å². The molecule has 1 aromatic heterocycles. The Kier molecular flexibility index (Phi) is 6.73. The second-order valence-electron chi connectivity index (χ2n) is 4.58. The Labute approximate surface area is 115 Å². The van der Waals surface area contributed by atoms with Crippen LogP contribution in [0.5, 0.6) is 0 Å². The summed E-state index contributed by atoms with van der Waals surface area (Å²) in [6, 6.07) is 1.93. The summed E-state index contributed by atoms with van der Waals surface area (Å²) in [7, 11) is 3.45. The highest BCUT2D eigenvalue weighted by Gasteiger charge is 2.19. The van der Waals surface area contributed by atoms with Gasteiger partial charge in [-0.15, -0.1) is 0 Å². The Hall–Kier alpha value is -1.20. The number of aromatic nitrogens is 1. The van der Waals surface area contributed by atoms with Crippen molar-refractivity contribution >= 4 is 5.82 Å². The van der Waals surface area contributed by atoms with Crippen LogP contribution >= 0.6 is 0 Å². The Balaban J connectivity index is 3.03. The van der Waals surface area contributed by atoms with Crippen LogP contribution in [0.4, 0.5) is 10.2 Å². The molecule has 0 saturated heterocycles. The SMILES string of the molecule is CCC(C)N(CCOC)c1nccc(CNC)c1F. The van der Waals surface area contributed by atoms with Crippen molar-refractivity contribution in [3.05, 3.63) is 23.6 Å². The topological polar surface area (TPSA) is 37.4 Å². The van der Waals surface area contributed by atoms with Gasteiger partial charge in [0, 0.05) is 38.0 Å². The number of rotatable bonds is 8. The van der Waals surface area contributed by atoms with E-state index in [1.807, 2.05) is 4.90 Å². The van der Waals surface area contributed by atoms with Crippen LogP contribution in [0.3, 0.4) is 0 Å². The molecule has 1 N–H and O–H groups in total. The highest BCUT2D eigenvalue weighted by molar-refractivity contribution is 5.44. The zero-order chi connectivity index (χ0) is 14.3. The first kappa shape index (κ1) is 15.9. The number of halogens is 1.